The minimum atomic E-state index is -0.276. The van der Waals surface area contributed by atoms with Gasteiger partial charge >= 0.3 is 0 Å². The van der Waals surface area contributed by atoms with Crippen molar-refractivity contribution in [2.75, 3.05) is 32.5 Å². The average molecular weight is 489 g/mol. The van der Waals surface area contributed by atoms with Crippen LogP contribution in [0.5, 0.6) is 0 Å². The Morgan fingerprint density at radius 1 is 1.17 bits per heavy atom. The molecular weight excluding hydrogens is 455 g/mol. The van der Waals surface area contributed by atoms with Crippen molar-refractivity contribution in [3.05, 3.63) is 71.1 Å². The molecule has 0 bridgehead atoms. The Morgan fingerprint density at radius 3 is 2.78 bits per heavy atom. The minimum Gasteiger partial charge on any atom is -0.396 e. The summed E-state index contributed by atoms with van der Waals surface area (Å²) in [4.78, 5) is 21.5. The summed E-state index contributed by atoms with van der Waals surface area (Å²) in [6.07, 6.45) is 8.20. The Bertz CT molecular complexity index is 1240. The van der Waals surface area contributed by atoms with Gasteiger partial charge < -0.3 is 15.5 Å². The molecule has 36 heavy (non-hydrogen) atoms. The van der Waals surface area contributed by atoms with Gasteiger partial charge in [0.2, 0.25) is 5.95 Å². The molecule has 1 fully saturated rings. The SMILES string of the molecule is Cc1nc(N)nc2c1C(=NOCCC1CCN(C)CC1)CC(c1ccc(F)cc1-c1cccnc1)C2. The Kier molecular flexibility index (Phi) is 7.23. The second-order valence-corrected chi connectivity index (χ2v) is 9.97. The third-order valence-electron chi connectivity index (χ3n) is 7.41. The molecule has 8 heteroatoms. The summed E-state index contributed by atoms with van der Waals surface area (Å²) in [7, 11) is 2.17. The number of aromatic nitrogens is 3. The zero-order valence-corrected chi connectivity index (χ0v) is 21.0. The van der Waals surface area contributed by atoms with Crippen LogP contribution in [0.15, 0.2) is 47.9 Å². The number of pyridine rings is 1. The normalized spacial score (nSPS) is 19.9. The van der Waals surface area contributed by atoms with Crippen LogP contribution in [-0.2, 0) is 11.3 Å². The first kappa shape index (κ1) is 24.3. The predicted molar refractivity (Wildman–Crippen MR) is 139 cm³/mol. The van der Waals surface area contributed by atoms with E-state index in [1.165, 1.54) is 18.9 Å². The number of hydrogen-bond acceptors (Lipinski definition) is 7. The Hall–Kier alpha value is -3.39. The maximum absolute atomic E-state index is 14.3. The Balaban J connectivity index is 1.42. The van der Waals surface area contributed by atoms with Gasteiger partial charge in [0, 0.05) is 29.9 Å². The molecule has 2 aromatic heterocycles. The fourth-order valence-electron chi connectivity index (χ4n) is 5.47. The van der Waals surface area contributed by atoms with Gasteiger partial charge in [-0.1, -0.05) is 17.3 Å². The number of benzene rings is 1. The standard InChI is InChI=1S/C28H33FN6O/c1-18-27-25(33-28(30)32-18)14-21(15-26(27)34-36-13-9-19-7-11-35(2)12-8-19)23-6-5-22(29)16-24(23)20-4-3-10-31-17-20/h3-6,10,16-17,19,21H,7-9,11-15H2,1-2H3,(H2,30,32,33). The van der Waals surface area contributed by atoms with Crippen LogP contribution >= 0.6 is 0 Å². The molecule has 2 N–H and O–H groups in total. The Morgan fingerprint density at radius 2 is 2.00 bits per heavy atom. The van der Waals surface area contributed by atoms with Crippen LogP contribution < -0.4 is 5.73 Å². The van der Waals surface area contributed by atoms with E-state index in [4.69, 9.17) is 10.6 Å². The van der Waals surface area contributed by atoms with Gasteiger partial charge in [-0.15, -0.1) is 0 Å². The zero-order valence-electron chi connectivity index (χ0n) is 21.0. The number of nitrogens with zero attached hydrogens (tertiary/aromatic N) is 5. The molecule has 3 aromatic rings. The van der Waals surface area contributed by atoms with E-state index >= 15 is 0 Å². The zero-order chi connectivity index (χ0) is 25.1. The fraction of sp³-hybridized carbons (Fsp3) is 0.429. The lowest BCUT2D eigenvalue weighted by Crippen LogP contribution is -2.30. The molecule has 5 rings (SSSR count). The van der Waals surface area contributed by atoms with Gasteiger partial charge in [-0.2, -0.15) is 0 Å². The number of oxime groups is 1. The minimum absolute atomic E-state index is 0.0400. The van der Waals surface area contributed by atoms with Crippen LogP contribution in [0.1, 0.15) is 54.1 Å². The fourth-order valence-corrected chi connectivity index (χ4v) is 5.47. The first-order valence-electron chi connectivity index (χ1n) is 12.7. The number of hydrogen-bond donors (Lipinski definition) is 1. The number of nitrogens with two attached hydrogens (primary N) is 1. The number of nitrogen functional groups attached to an aromatic ring is 1. The van der Waals surface area contributed by atoms with Gasteiger partial charge in [-0.05, 0) is 93.9 Å². The lowest BCUT2D eigenvalue weighted by atomic mass is 9.78. The third kappa shape index (κ3) is 5.38. The second kappa shape index (κ2) is 10.7. The van der Waals surface area contributed by atoms with Gasteiger partial charge in [-0.3, -0.25) is 4.98 Å². The van der Waals surface area contributed by atoms with E-state index in [9.17, 15) is 4.39 Å². The first-order valence-corrected chi connectivity index (χ1v) is 12.7. The monoisotopic (exact) mass is 488 g/mol. The predicted octanol–water partition coefficient (Wildman–Crippen LogP) is 4.75. The van der Waals surface area contributed by atoms with Crippen molar-refractivity contribution in [1.82, 2.24) is 19.9 Å². The Labute approximate surface area is 211 Å². The van der Waals surface area contributed by atoms with Crippen LogP contribution in [-0.4, -0.2) is 52.3 Å². The molecule has 1 aliphatic carbocycles. The molecule has 0 saturated carbocycles. The van der Waals surface area contributed by atoms with E-state index < -0.39 is 0 Å². The number of likely N-dealkylation sites (tertiary alicyclic amines) is 1. The molecular formula is C28H33FN6O. The van der Waals surface area contributed by atoms with Crippen molar-refractivity contribution < 1.29 is 9.23 Å². The maximum atomic E-state index is 14.3. The summed E-state index contributed by atoms with van der Waals surface area (Å²) in [6.45, 7) is 4.81. The summed E-state index contributed by atoms with van der Waals surface area (Å²) in [5, 5.41) is 4.61. The molecule has 0 spiro atoms. The van der Waals surface area contributed by atoms with E-state index in [1.54, 1.807) is 18.5 Å². The molecule has 2 aliphatic rings. The summed E-state index contributed by atoms with van der Waals surface area (Å²) < 4.78 is 14.3. The van der Waals surface area contributed by atoms with Crippen molar-refractivity contribution >= 4 is 11.7 Å². The number of aryl methyl sites for hydroxylation is 1. The number of halogens is 1. The van der Waals surface area contributed by atoms with Gasteiger partial charge in [0.25, 0.3) is 0 Å². The number of fused-ring (bicyclic) bond motifs is 1. The molecule has 188 valence electrons. The van der Waals surface area contributed by atoms with Crippen molar-refractivity contribution in [2.45, 2.75) is 44.9 Å². The summed E-state index contributed by atoms with van der Waals surface area (Å²) in [5.74, 6) is 0.695. The van der Waals surface area contributed by atoms with E-state index in [0.29, 0.717) is 25.4 Å². The van der Waals surface area contributed by atoms with E-state index in [0.717, 1.165) is 58.9 Å². The molecule has 1 aromatic carbocycles. The lowest BCUT2D eigenvalue weighted by molar-refractivity contribution is 0.112. The second-order valence-electron chi connectivity index (χ2n) is 9.97. The summed E-state index contributed by atoms with van der Waals surface area (Å²) in [6, 6.07) is 8.77. The molecule has 3 heterocycles. The molecule has 0 radical (unpaired) electrons. The topological polar surface area (TPSA) is 89.5 Å². The third-order valence-corrected chi connectivity index (χ3v) is 7.41. The van der Waals surface area contributed by atoms with E-state index in [2.05, 4.69) is 32.1 Å². The average Bonchev–Trinajstić information content (AvgIpc) is 2.87. The molecule has 1 unspecified atom stereocenters. The van der Waals surface area contributed by atoms with Crippen LogP contribution in [0.2, 0.25) is 0 Å². The van der Waals surface area contributed by atoms with Crippen LogP contribution in [0.3, 0.4) is 0 Å². The van der Waals surface area contributed by atoms with Crippen molar-refractivity contribution in [1.29, 1.82) is 0 Å². The van der Waals surface area contributed by atoms with Crippen LogP contribution in [0.25, 0.3) is 11.1 Å². The highest BCUT2D eigenvalue weighted by molar-refractivity contribution is 6.03. The van der Waals surface area contributed by atoms with Gasteiger partial charge in [0.15, 0.2) is 0 Å². The molecule has 1 atom stereocenters. The molecule has 1 saturated heterocycles. The number of anilines is 1. The summed E-state index contributed by atoms with van der Waals surface area (Å²) in [5.41, 5.74) is 12.2. The highest BCUT2D eigenvalue weighted by atomic mass is 19.1. The maximum Gasteiger partial charge on any atom is 0.220 e. The van der Waals surface area contributed by atoms with Crippen LogP contribution in [0, 0.1) is 18.7 Å². The molecule has 0 amide bonds. The lowest BCUT2D eigenvalue weighted by Gasteiger charge is -2.29. The molecule has 7 nitrogen and oxygen atoms in total. The first-order chi connectivity index (χ1) is 17.5. The van der Waals surface area contributed by atoms with Gasteiger partial charge in [0.05, 0.1) is 17.1 Å². The highest BCUT2D eigenvalue weighted by Crippen LogP contribution is 2.38. The molecule has 1 aliphatic heterocycles. The quantitative estimate of drug-likeness (QED) is 0.398. The van der Waals surface area contributed by atoms with E-state index in [1.807, 2.05) is 25.1 Å². The number of rotatable bonds is 6. The van der Waals surface area contributed by atoms with Gasteiger partial charge in [0.1, 0.15) is 12.4 Å². The smallest absolute Gasteiger partial charge is 0.220 e. The number of piperidine rings is 1. The van der Waals surface area contributed by atoms with Gasteiger partial charge in [-0.25, -0.2) is 14.4 Å². The van der Waals surface area contributed by atoms with Crippen molar-refractivity contribution in [3.8, 4) is 11.1 Å². The highest BCUT2D eigenvalue weighted by Gasteiger charge is 2.30. The van der Waals surface area contributed by atoms with Crippen LogP contribution in [0.4, 0.5) is 10.3 Å². The van der Waals surface area contributed by atoms with Crippen molar-refractivity contribution in [3.63, 3.8) is 0 Å². The summed E-state index contributed by atoms with van der Waals surface area (Å²) >= 11 is 0. The van der Waals surface area contributed by atoms with E-state index in [-0.39, 0.29) is 17.7 Å². The largest absolute Gasteiger partial charge is 0.396 e. The van der Waals surface area contributed by atoms with Crippen molar-refractivity contribution in [2.24, 2.45) is 11.1 Å².